The summed E-state index contributed by atoms with van der Waals surface area (Å²) in [6.07, 6.45) is 2.95. The molecule has 2 N–H and O–H groups in total. The largest absolute Gasteiger partial charge is 0.507 e. The zero-order valence-corrected chi connectivity index (χ0v) is 12.8. The number of phenols is 1. The van der Waals surface area contributed by atoms with Gasteiger partial charge in [0.15, 0.2) is 0 Å². The maximum absolute atomic E-state index is 10.00. The molecule has 4 nitrogen and oxygen atoms in total. The number of aromatic nitrogens is 1. The van der Waals surface area contributed by atoms with Crippen LogP contribution in [0.15, 0.2) is 24.4 Å². The first-order valence-electron chi connectivity index (χ1n) is 6.68. The van der Waals surface area contributed by atoms with Gasteiger partial charge in [0.1, 0.15) is 16.5 Å². The van der Waals surface area contributed by atoms with Crippen LogP contribution in [-0.2, 0) is 13.0 Å². The van der Waals surface area contributed by atoms with E-state index in [1.54, 1.807) is 24.5 Å². The van der Waals surface area contributed by atoms with Crippen LogP contribution in [0, 0.1) is 0 Å². The molecule has 1 aromatic carbocycles. The number of hydrogen-bond donors (Lipinski definition) is 2. The number of hydrogen-bond acceptors (Lipinski definition) is 5. The Labute approximate surface area is 123 Å². The molecule has 108 valence electrons. The highest BCUT2D eigenvalue weighted by Crippen LogP contribution is 2.28. The molecule has 0 aliphatic carbocycles. The minimum Gasteiger partial charge on any atom is -0.507 e. The van der Waals surface area contributed by atoms with Crippen molar-refractivity contribution in [2.45, 2.75) is 32.9 Å². The van der Waals surface area contributed by atoms with E-state index < -0.39 is 0 Å². The molecule has 0 spiro atoms. The van der Waals surface area contributed by atoms with Crippen LogP contribution in [0.1, 0.15) is 35.3 Å². The molecule has 0 aliphatic heterocycles. The lowest BCUT2D eigenvalue weighted by atomic mass is 10.1. The van der Waals surface area contributed by atoms with Gasteiger partial charge in [-0.1, -0.05) is 13.0 Å². The first-order valence-corrected chi connectivity index (χ1v) is 7.49. The van der Waals surface area contributed by atoms with Crippen molar-refractivity contribution < 1.29 is 9.84 Å². The van der Waals surface area contributed by atoms with E-state index in [-0.39, 0.29) is 11.8 Å². The summed E-state index contributed by atoms with van der Waals surface area (Å²) >= 11 is 1.72. The van der Waals surface area contributed by atoms with E-state index in [0.717, 1.165) is 17.0 Å². The summed E-state index contributed by atoms with van der Waals surface area (Å²) in [4.78, 5) is 5.67. The molecule has 0 saturated heterocycles. The van der Waals surface area contributed by atoms with Gasteiger partial charge in [0.25, 0.3) is 0 Å². The molecular weight excluding hydrogens is 272 g/mol. The van der Waals surface area contributed by atoms with Gasteiger partial charge in [0, 0.05) is 35.3 Å². The quantitative estimate of drug-likeness (QED) is 0.858. The smallest absolute Gasteiger partial charge is 0.124 e. The lowest BCUT2D eigenvalue weighted by Crippen LogP contribution is -2.18. The highest BCUT2D eigenvalue weighted by Gasteiger charge is 2.11. The molecule has 5 heteroatoms. The first kappa shape index (κ1) is 14.8. The van der Waals surface area contributed by atoms with Crippen LogP contribution in [-0.4, -0.2) is 17.2 Å². The van der Waals surface area contributed by atoms with E-state index in [4.69, 9.17) is 4.74 Å². The average Bonchev–Trinajstić information content (AvgIpc) is 2.92. The number of benzene rings is 1. The molecule has 0 aliphatic rings. The summed E-state index contributed by atoms with van der Waals surface area (Å²) in [5.74, 6) is 0.906. The van der Waals surface area contributed by atoms with E-state index in [0.29, 0.717) is 12.3 Å². The predicted octanol–water partition coefficient (Wildman–Crippen LogP) is 3.27. The molecule has 0 fully saturated rings. The summed E-state index contributed by atoms with van der Waals surface area (Å²) in [6.45, 7) is 4.86. The molecule has 0 bridgehead atoms. The minimum atomic E-state index is 0.0508. The van der Waals surface area contributed by atoms with Gasteiger partial charge in [-0.2, -0.15) is 0 Å². The molecule has 0 amide bonds. The number of aryl methyl sites for hydroxylation is 1. The fourth-order valence-electron chi connectivity index (χ4n) is 1.96. The van der Waals surface area contributed by atoms with Crippen molar-refractivity contribution >= 4 is 11.3 Å². The summed E-state index contributed by atoms with van der Waals surface area (Å²) in [5.41, 5.74) is 0.859. The fraction of sp³-hybridized carbons (Fsp3) is 0.400. The number of methoxy groups -OCH3 is 1. The van der Waals surface area contributed by atoms with Crippen LogP contribution in [0.5, 0.6) is 11.5 Å². The lowest BCUT2D eigenvalue weighted by Gasteiger charge is -2.15. The van der Waals surface area contributed by atoms with E-state index >= 15 is 0 Å². The van der Waals surface area contributed by atoms with Gasteiger partial charge in [-0.25, -0.2) is 4.98 Å². The van der Waals surface area contributed by atoms with Crippen LogP contribution >= 0.6 is 11.3 Å². The number of phenolic OH excluding ortho intramolecular Hbond substituents is 1. The van der Waals surface area contributed by atoms with Crippen molar-refractivity contribution in [1.82, 2.24) is 10.3 Å². The van der Waals surface area contributed by atoms with Crippen molar-refractivity contribution in [2.24, 2.45) is 0 Å². The SMILES string of the molecule is CCc1cnc(CNC(C)c2ccc(OC)cc2O)s1. The number of nitrogens with one attached hydrogen (secondary N) is 1. The van der Waals surface area contributed by atoms with Gasteiger partial charge in [0.05, 0.1) is 7.11 Å². The number of thiazole rings is 1. The van der Waals surface area contributed by atoms with Gasteiger partial charge in [-0.15, -0.1) is 11.3 Å². The Hall–Kier alpha value is -1.59. The standard InChI is InChI=1S/C15H20N2O2S/c1-4-12-8-17-15(20-12)9-16-10(2)13-6-5-11(19-3)7-14(13)18/h5-8,10,16,18H,4,9H2,1-3H3. The molecule has 1 aromatic heterocycles. The average molecular weight is 292 g/mol. The molecule has 1 atom stereocenters. The van der Waals surface area contributed by atoms with Crippen molar-refractivity contribution in [3.8, 4) is 11.5 Å². The van der Waals surface area contributed by atoms with E-state index in [1.807, 2.05) is 25.3 Å². The van der Waals surface area contributed by atoms with Crippen LogP contribution in [0.4, 0.5) is 0 Å². The molecule has 20 heavy (non-hydrogen) atoms. The van der Waals surface area contributed by atoms with Gasteiger partial charge in [-0.05, 0) is 19.4 Å². The maximum atomic E-state index is 10.00. The highest BCUT2D eigenvalue weighted by molar-refractivity contribution is 7.11. The molecule has 1 unspecified atom stereocenters. The Morgan fingerprint density at radius 1 is 1.45 bits per heavy atom. The van der Waals surface area contributed by atoms with Crippen LogP contribution in [0.25, 0.3) is 0 Å². The highest BCUT2D eigenvalue weighted by atomic mass is 32.1. The zero-order valence-electron chi connectivity index (χ0n) is 12.0. The fourth-order valence-corrected chi connectivity index (χ4v) is 2.77. The Kier molecular flexibility index (Phi) is 4.98. The van der Waals surface area contributed by atoms with E-state index in [1.165, 1.54) is 4.88 Å². The summed E-state index contributed by atoms with van der Waals surface area (Å²) in [7, 11) is 1.59. The van der Waals surface area contributed by atoms with Crippen LogP contribution in [0.2, 0.25) is 0 Å². The van der Waals surface area contributed by atoms with Crippen molar-refractivity contribution in [2.75, 3.05) is 7.11 Å². The number of ether oxygens (including phenoxy) is 1. The monoisotopic (exact) mass is 292 g/mol. The second-order valence-corrected chi connectivity index (χ2v) is 5.80. The topological polar surface area (TPSA) is 54.4 Å². The molecule has 2 aromatic rings. The number of rotatable bonds is 6. The van der Waals surface area contributed by atoms with Crippen LogP contribution < -0.4 is 10.1 Å². The second-order valence-electron chi connectivity index (χ2n) is 4.60. The second kappa shape index (κ2) is 6.72. The summed E-state index contributed by atoms with van der Waals surface area (Å²) in [5, 5.41) is 14.4. The number of aromatic hydroxyl groups is 1. The normalized spacial score (nSPS) is 12.3. The van der Waals surface area contributed by atoms with Crippen LogP contribution in [0.3, 0.4) is 0 Å². The van der Waals surface area contributed by atoms with Gasteiger partial charge in [-0.3, -0.25) is 0 Å². The van der Waals surface area contributed by atoms with Crippen molar-refractivity contribution in [3.05, 3.63) is 39.8 Å². The third-order valence-corrected chi connectivity index (χ3v) is 4.36. The zero-order chi connectivity index (χ0) is 14.5. The van der Waals surface area contributed by atoms with E-state index in [2.05, 4.69) is 17.2 Å². The Morgan fingerprint density at radius 2 is 2.25 bits per heavy atom. The molecule has 1 heterocycles. The first-order chi connectivity index (χ1) is 9.63. The Bertz CT molecular complexity index is 569. The Morgan fingerprint density at radius 3 is 2.85 bits per heavy atom. The minimum absolute atomic E-state index is 0.0508. The predicted molar refractivity (Wildman–Crippen MR) is 81.4 cm³/mol. The molecule has 2 rings (SSSR count). The third kappa shape index (κ3) is 3.49. The third-order valence-electron chi connectivity index (χ3n) is 3.21. The van der Waals surface area contributed by atoms with Gasteiger partial charge >= 0.3 is 0 Å². The summed E-state index contributed by atoms with van der Waals surface area (Å²) in [6, 6.07) is 5.41. The molecule has 0 radical (unpaired) electrons. The summed E-state index contributed by atoms with van der Waals surface area (Å²) < 4.78 is 5.09. The maximum Gasteiger partial charge on any atom is 0.124 e. The van der Waals surface area contributed by atoms with Gasteiger partial charge in [0.2, 0.25) is 0 Å². The van der Waals surface area contributed by atoms with E-state index in [9.17, 15) is 5.11 Å². The molecule has 0 saturated carbocycles. The molecular formula is C15H20N2O2S. The van der Waals surface area contributed by atoms with Crippen molar-refractivity contribution in [1.29, 1.82) is 0 Å². The lowest BCUT2D eigenvalue weighted by molar-refractivity contribution is 0.404. The number of nitrogens with zero attached hydrogens (tertiary/aromatic N) is 1. The van der Waals surface area contributed by atoms with Crippen molar-refractivity contribution in [3.63, 3.8) is 0 Å². The van der Waals surface area contributed by atoms with Gasteiger partial charge < -0.3 is 15.2 Å². The Balaban J connectivity index is 1.99.